The van der Waals surface area contributed by atoms with Gasteiger partial charge >= 0.3 is 0 Å². The molecule has 0 unspecified atom stereocenters. The molecule has 0 atom stereocenters. The molecule has 0 fully saturated rings. The molecule has 1 aromatic rings. The molecule has 86 valence electrons. The van der Waals surface area contributed by atoms with E-state index in [1.807, 2.05) is 14.0 Å². The third kappa shape index (κ3) is 3.98. The highest BCUT2D eigenvalue weighted by Crippen LogP contribution is 2.04. The summed E-state index contributed by atoms with van der Waals surface area (Å²) in [6, 6.07) is 0. The van der Waals surface area contributed by atoms with Gasteiger partial charge in [0.25, 0.3) is 0 Å². The fraction of sp³-hybridized carbons (Fsp3) is 0.625. The van der Waals surface area contributed by atoms with Crippen molar-refractivity contribution in [2.45, 2.75) is 13.5 Å². The van der Waals surface area contributed by atoms with E-state index in [-0.39, 0.29) is 5.75 Å². The average molecular weight is 232 g/mol. The van der Waals surface area contributed by atoms with Gasteiger partial charge in [-0.3, -0.25) is 4.68 Å². The van der Waals surface area contributed by atoms with Crippen LogP contribution >= 0.6 is 0 Å². The van der Waals surface area contributed by atoms with Crippen molar-refractivity contribution in [3.8, 4) is 0 Å². The monoisotopic (exact) mass is 232 g/mol. The Balaban J connectivity index is 2.36. The van der Waals surface area contributed by atoms with Gasteiger partial charge in [0.05, 0.1) is 11.9 Å². The van der Waals surface area contributed by atoms with Crippen LogP contribution in [0.25, 0.3) is 0 Å². The summed E-state index contributed by atoms with van der Waals surface area (Å²) in [7, 11) is -1.50. The van der Waals surface area contributed by atoms with E-state index in [0.29, 0.717) is 13.1 Å². The normalized spacial score (nSPS) is 11.9. The second kappa shape index (κ2) is 4.73. The molecule has 6 nitrogen and oxygen atoms in total. The standard InChI is InChI=1S/C8H16N4O2S/c1-7-8(6-11-12(7)2)5-10-3-4-15(9,13)14/h6,10H,3-5H2,1-2H3,(H2,9,13,14). The SMILES string of the molecule is Cc1c(CNCCS(N)(=O)=O)cnn1C. The zero-order valence-electron chi connectivity index (χ0n) is 8.90. The van der Waals surface area contributed by atoms with Crippen LogP contribution in [0.15, 0.2) is 6.20 Å². The number of rotatable bonds is 5. The van der Waals surface area contributed by atoms with Crippen LogP contribution in [0.3, 0.4) is 0 Å². The van der Waals surface area contributed by atoms with Crippen LogP contribution in [-0.2, 0) is 23.6 Å². The van der Waals surface area contributed by atoms with E-state index in [4.69, 9.17) is 5.14 Å². The molecule has 1 heterocycles. The van der Waals surface area contributed by atoms with Gasteiger partial charge in [-0.15, -0.1) is 0 Å². The molecule has 15 heavy (non-hydrogen) atoms. The maximum Gasteiger partial charge on any atom is 0.210 e. The van der Waals surface area contributed by atoms with Crippen molar-refractivity contribution >= 4 is 10.0 Å². The predicted octanol–water partition coefficient (Wildman–Crippen LogP) is -0.893. The molecular formula is C8H16N4O2S. The lowest BCUT2D eigenvalue weighted by Gasteiger charge is -2.03. The Bertz CT molecular complexity index is 424. The Morgan fingerprint density at radius 3 is 2.73 bits per heavy atom. The summed E-state index contributed by atoms with van der Waals surface area (Å²) in [6.07, 6.45) is 1.76. The summed E-state index contributed by atoms with van der Waals surface area (Å²) in [5.41, 5.74) is 2.13. The summed E-state index contributed by atoms with van der Waals surface area (Å²) < 4.78 is 23.0. The number of nitrogens with zero attached hydrogens (tertiary/aromatic N) is 2. The molecule has 1 aromatic heterocycles. The molecule has 0 radical (unpaired) electrons. The van der Waals surface area contributed by atoms with Crippen LogP contribution < -0.4 is 10.5 Å². The molecule has 0 amide bonds. The van der Waals surface area contributed by atoms with E-state index >= 15 is 0 Å². The van der Waals surface area contributed by atoms with E-state index < -0.39 is 10.0 Å². The van der Waals surface area contributed by atoms with E-state index in [9.17, 15) is 8.42 Å². The Hall–Kier alpha value is -0.920. The summed E-state index contributed by atoms with van der Waals surface area (Å²) in [5.74, 6) is -0.0493. The highest BCUT2D eigenvalue weighted by molar-refractivity contribution is 7.89. The molecule has 0 aliphatic carbocycles. The number of nitrogens with one attached hydrogen (secondary N) is 1. The molecule has 0 saturated heterocycles. The van der Waals surface area contributed by atoms with Crippen LogP contribution in [0.4, 0.5) is 0 Å². The van der Waals surface area contributed by atoms with Gasteiger partial charge in [0.2, 0.25) is 10.0 Å². The minimum atomic E-state index is -3.37. The minimum absolute atomic E-state index is 0.0493. The van der Waals surface area contributed by atoms with Crippen LogP contribution in [0.1, 0.15) is 11.3 Å². The molecule has 3 N–H and O–H groups in total. The Morgan fingerprint density at radius 2 is 2.27 bits per heavy atom. The lowest BCUT2D eigenvalue weighted by Crippen LogP contribution is -2.26. The van der Waals surface area contributed by atoms with E-state index in [1.165, 1.54) is 0 Å². The molecule has 0 aromatic carbocycles. The van der Waals surface area contributed by atoms with Gasteiger partial charge in [0.15, 0.2) is 0 Å². The number of primary sulfonamides is 1. The van der Waals surface area contributed by atoms with Crippen LogP contribution in [0.2, 0.25) is 0 Å². The quantitative estimate of drug-likeness (QED) is 0.644. The molecule has 7 heteroatoms. The van der Waals surface area contributed by atoms with Crippen LogP contribution in [0, 0.1) is 6.92 Å². The number of aromatic nitrogens is 2. The van der Waals surface area contributed by atoms with Gasteiger partial charge < -0.3 is 5.32 Å². The predicted molar refractivity (Wildman–Crippen MR) is 57.6 cm³/mol. The molecule has 1 rings (SSSR count). The van der Waals surface area contributed by atoms with Gasteiger partial charge in [0, 0.05) is 31.4 Å². The Kier molecular flexibility index (Phi) is 3.83. The van der Waals surface area contributed by atoms with Gasteiger partial charge in [-0.05, 0) is 6.92 Å². The first kappa shape index (κ1) is 12.2. The molecule has 0 bridgehead atoms. The van der Waals surface area contributed by atoms with Gasteiger partial charge in [-0.25, -0.2) is 13.6 Å². The number of sulfonamides is 1. The lowest BCUT2D eigenvalue weighted by atomic mass is 10.2. The van der Waals surface area contributed by atoms with Crippen LogP contribution in [-0.4, -0.2) is 30.5 Å². The maximum absolute atomic E-state index is 10.6. The second-order valence-corrected chi connectivity index (χ2v) is 5.16. The Labute approximate surface area is 89.5 Å². The van der Waals surface area contributed by atoms with E-state index in [0.717, 1.165) is 11.3 Å². The van der Waals surface area contributed by atoms with Crippen molar-refractivity contribution in [3.05, 3.63) is 17.5 Å². The van der Waals surface area contributed by atoms with Crippen molar-refractivity contribution in [2.24, 2.45) is 12.2 Å². The maximum atomic E-state index is 10.6. The highest BCUT2D eigenvalue weighted by Gasteiger charge is 2.04. The zero-order chi connectivity index (χ0) is 11.5. The molecule has 0 aliphatic heterocycles. The van der Waals surface area contributed by atoms with Crippen molar-refractivity contribution < 1.29 is 8.42 Å². The summed E-state index contributed by atoms with van der Waals surface area (Å²) >= 11 is 0. The first-order valence-corrected chi connectivity index (χ1v) is 6.30. The highest BCUT2D eigenvalue weighted by atomic mass is 32.2. The molecular weight excluding hydrogens is 216 g/mol. The zero-order valence-corrected chi connectivity index (χ0v) is 9.71. The lowest BCUT2D eigenvalue weighted by molar-refractivity contribution is 0.592. The summed E-state index contributed by atoms with van der Waals surface area (Å²) in [5, 5.41) is 11.9. The van der Waals surface area contributed by atoms with E-state index in [2.05, 4.69) is 10.4 Å². The van der Waals surface area contributed by atoms with Crippen molar-refractivity contribution in [3.63, 3.8) is 0 Å². The fourth-order valence-electron chi connectivity index (χ4n) is 1.16. The Morgan fingerprint density at radius 1 is 1.60 bits per heavy atom. The molecule has 0 aliphatic rings. The van der Waals surface area contributed by atoms with Gasteiger partial charge in [-0.1, -0.05) is 0 Å². The summed E-state index contributed by atoms with van der Waals surface area (Å²) in [4.78, 5) is 0. The third-order valence-corrected chi connectivity index (χ3v) is 2.99. The minimum Gasteiger partial charge on any atom is -0.311 e. The van der Waals surface area contributed by atoms with Gasteiger partial charge in [-0.2, -0.15) is 5.10 Å². The first-order valence-electron chi connectivity index (χ1n) is 4.59. The number of hydrogen-bond acceptors (Lipinski definition) is 4. The molecule has 0 saturated carbocycles. The average Bonchev–Trinajstić information content (AvgIpc) is 2.42. The van der Waals surface area contributed by atoms with Crippen molar-refractivity contribution in [1.82, 2.24) is 15.1 Å². The number of aryl methyl sites for hydroxylation is 1. The fourth-order valence-corrected chi connectivity index (χ4v) is 1.58. The van der Waals surface area contributed by atoms with Crippen LogP contribution in [0.5, 0.6) is 0 Å². The van der Waals surface area contributed by atoms with Gasteiger partial charge in [0.1, 0.15) is 0 Å². The largest absolute Gasteiger partial charge is 0.311 e. The summed E-state index contributed by atoms with van der Waals surface area (Å²) in [6.45, 7) is 2.92. The third-order valence-electron chi connectivity index (χ3n) is 2.22. The second-order valence-electron chi connectivity index (χ2n) is 3.42. The number of nitrogens with two attached hydrogens (primary N) is 1. The van der Waals surface area contributed by atoms with Crippen molar-refractivity contribution in [2.75, 3.05) is 12.3 Å². The molecule has 0 spiro atoms. The van der Waals surface area contributed by atoms with Crippen molar-refractivity contribution in [1.29, 1.82) is 0 Å². The smallest absolute Gasteiger partial charge is 0.210 e. The number of hydrogen-bond donors (Lipinski definition) is 2. The van der Waals surface area contributed by atoms with E-state index in [1.54, 1.807) is 10.9 Å². The first-order chi connectivity index (χ1) is 6.90. The topological polar surface area (TPSA) is 90.0 Å².